The highest BCUT2D eigenvalue weighted by Crippen LogP contribution is 2.26. The van der Waals surface area contributed by atoms with Gasteiger partial charge < -0.3 is 20.2 Å². The Kier molecular flexibility index (Phi) is 7.50. The molecule has 2 unspecified atom stereocenters. The van der Waals surface area contributed by atoms with Crippen molar-refractivity contribution in [3.63, 3.8) is 0 Å². The number of nitrogens with one attached hydrogen (secondary N) is 1. The minimum Gasteiger partial charge on any atom is -0.481 e. The number of hydrogen-bond donors (Lipinski definition) is 2. The van der Waals surface area contributed by atoms with Crippen molar-refractivity contribution in [3.05, 3.63) is 0 Å². The second-order valence-corrected chi connectivity index (χ2v) is 6.05. The largest absolute Gasteiger partial charge is 0.481 e. The third kappa shape index (κ3) is 6.33. The van der Waals surface area contributed by atoms with Gasteiger partial charge in [-0.3, -0.25) is 4.79 Å². The molecule has 2 amide bonds. The summed E-state index contributed by atoms with van der Waals surface area (Å²) < 4.78 is 0. The fourth-order valence-corrected chi connectivity index (χ4v) is 2.72. The topological polar surface area (TPSA) is 72.9 Å². The summed E-state index contributed by atoms with van der Waals surface area (Å²) in [6, 6.07) is -0.0215. The summed E-state index contributed by atoms with van der Waals surface area (Å²) in [6.45, 7) is 7.95. The molecule has 0 bridgehead atoms. The van der Waals surface area contributed by atoms with Crippen LogP contribution in [0.3, 0.4) is 0 Å². The number of likely N-dealkylation sites (N-methyl/N-ethyl adjacent to an activating group) is 1. The molecule has 0 spiro atoms. The van der Waals surface area contributed by atoms with Gasteiger partial charge in [-0.2, -0.15) is 0 Å². The van der Waals surface area contributed by atoms with Crippen LogP contribution in [-0.4, -0.2) is 66.7 Å². The number of carboxylic acid groups (broad SMARTS) is 1. The van der Waals surface area contributed by atoms with Crippen molar-refractivity contribution in [3.8, 4) is 0 Å². The van der Waals surface area contributed by atoms with E-state index < -0.39 is 5.97 Å². The number of carbonyl (C=O) groups excluding carboxylic acids is 1. The van der Waals surface area contributed by atoms with Crippen molar-refractivity contribution < 1.29 is 14.7 Å². The van der Waals surface area contributed by atoms with Gasteiger partial charge in [-0.15, -0.1) is 0 Å². The third-order valence-electron chi connectivity index (χ3n) is 4.36. The highest BCUT2D eigenvalue weighted by molar-refractivity contribution is 5.74. The van der Waals surface area contributed by atoms with Crippen LogP contribution in [0.1, 0.15) is 33.1 Å². The van der Waals surface area contributed by atoms with Crippen LogP contribution < -0.4 is 5.32 Å². The normalized spacial score (nSPS) is 20.4. The molecule has 0 aromatic carbocycles. The highest BCUT2D eigenvalue weighted by atomic mass is 16.4. The maximum atomic E-state index is 12.1. The number of nitrogens with zero attached hydrogens (tertiary/aromatic N) is 2. The van der Waals surface area contributed by atoms with Crippen molar-refractivity contribution in [2.24, 2.45) is 11.8 Å². The van der Waals surface area contributed by atoms with E-state index in [0.717, 1.165) is 32.5 Å². The number of rotatable bonds is 7. The number of carboxylic acids is 1. The van der Waals surface area contributed by atoms with Gasteiger partial charge in [-0.25, -0.2) is 4.79 Å². The van der Waals surface area contributed by atoms with Crippen LogP contribution in [-0.2, 0) is 4.79 Å². The van der Waals surface area contributed by atoms with E-state index in [2.05, 4.69) is 17.1 Å². The lowest BCUT2D eigenvalue weighted by Crippen LogP contribution is -2.48. The zero-order valence-electron chi connectivity index (χ0n) is 13.5. The molecule has 1 rings (SSSR count). The molecule has 1 heterocycles. The Bertz CT molecular complexity index is 349. The van der Waals surface area contributed by atoms with Crippen LogP contribution in [0.2, 0.25) is 0 Å². The van der Waals surface area contributed by atoms with Gasteiger partial charge in [0.1, 0.15) is 0 Å². The van der Waals surface area contributed by atoms with E-state index in [0.29, 0.717) is 19.0 Å². The average Bonchev–Trinajstić information content (AvgIpc) is 2.46. The smallest absolute Gasteiger partial charge is 0.317 e. The summed E-state index contributed by atoms with van der Waals surface area (Å²) in [5, 5.41) is 11.8. The maximum absolute atomic E-state index is 12.1. The fourth-order valence-electron chi connectivity index (χ4n) is 2.72. The first-order valence-corrected chi connectivity index (χ1v) is 7.87. The van der Waals surface area contributed by atoms with E-state index in [1.54, 1.807) is 0 Å². The van der Waals surface area contributed by atoms with Crippen LogP contribution in [0, 0.1) is 11.8 Å². The number of aliphatic carboxylic acids is 1. The number of urea groups is 1. The van der Waals surface area contributed by atoms with Crippen molar-refractivity contribution >= 4 is 12.0 Å². The van der Waals surface area contributed by atoms with Crippen LogP contribution in [0.5, 0.6) is 0 Å². The van der Waals surface area contributed by atoms with E-state index in [9.17, 15) is 9.59 Å². The minimum atomic E-state index is -0.758. The Morgan fingerprint density at radius 3 is 2.81 bits per heavy atom. The van der Waals surface area contributed by atoms with Gasteiger partial charge in [0.15, 0.2) is 0 Å². The van der Waals surface area contributed by atoms with Gasteiger partial charge in [0, 0.05) is 32.6 Å². The molecule has 6 heteroatoms. The molecule has 21 heavy (non-hydrogen) atoms. The van der Waals surface area contributed by atoms with Gasteiger partial charge in [0.05, 0.1) is 0 Å². The van der Waals surface area contributed by atoms with Crippen LogP contribution in [0.15, 0.2) is 0 Å². The Morgan fingerprint density at radius 1 is 1.48 bits per heavy atom. The number of hydrogen-bond acceptors (Lipinski definition) is 3. The maximum Gasteiger partial charge on any atom is 0.317 e. The zero-order chi connectivity index (χ0) is 15.8. The summed E-state index contributed by atoms with van der Waals surface area (Å²) >= 11 is 0. The van der Waals surface area contributed by atoms with Crippen LogP contribution in [0.25, 0.3) is 0 Å². The molecular weight excluding hydrogens is 270 g/mol. The van der Waals surface area contributed by atoms with Gasteiger partial charge in [0.2, 0.25) is 0 Å². The summed E-state index contributed by atoms with van der Waals surface area (Å²) in [5.41, 5.74) is 0. The first-order chi connectivity index (χ1) is 9.93. The molecule has 122 valence electrons. The van der Waals surface area contributed by atoms with Gasteiger partial charge in [-0.1, -0.05) is 13.8 Å². The monoisotopic (exact) mass is 299 g/mol. The predicted molar refractivity (Wildman–Crippen MR) is 82.3 cm³/mol. The molecule has 1 fully saturated rings. The Balaban J connectivity index is 2.37. The quantitative estimate of drug-likeness (QED) is 0.746. The minimum absolute atomic E-state index is 0.0215. The van der Waals surface area contributed by atoms with Gasteiger partial charge in [-0.05, 0) is 38.3 Å². The molecule has 0 aromatic heterocycles. The van der Waals surface area contributed by atoms with E-state index in [1.807, 2.05) is 18.9 Å². The molecule has 2 N–H and O–H groups in total. The fraction of sp³-hybridized carbons (Fsp3) is 0.867. The molecule has 1 aliphatic rings. The van der Waals surface area contributed by atoms with Gasteiger partial charge >= 0.3 is 12.0 Å². The Morgan fingerprint density at radius 2 is 2.19 bits per heavy atom. The Labute approximate surface area is 127 Å². The second-order valence-electron chi connectivity index (χ2n) is 6.05. The van der Waals surface area contributed by atoms with Crippen molar-refractivity contribution in [2.45, 2.75) is 33.1 Å². The standard InChI is InChI=1S/C15H29N3O3/c1-4-17(3)9-7-16-15(21)18-8-5-6-13(11-18)12(2)10-14(19)20/h12-13H,4-11H2,1-3H3,(H,16,21)(H,19,20). The lowest BCUT2D eigenvalue weighted by molar-refractivity contribution is -0.138. The molecule has 0 saturated carbocycles. The van der Waals surface area contributed by atoms with E-state index in [-0.39, 0.29) is 18.4 Å². The van der Waals surface area contributed by atoms with Crippen LogP contribution in [0.4, 0.5) is 4.79 Å². The number of piperidine rings is 1. The summed E-state index contributed by atoms with van der Waals surface area (Å²) in [5.74, 6) is -0.352. The molecule has 2 atom stereocenters. The van der Waals surface area contributed by atoms with Gasteiger partial charge in [0.25, 0.3) is 0 Å². The van der Waals surface area contributed by atoms with Crippen molar-refractivity contribution in [1.82, 2.24) is 15.1 Å². The van der Waals surface area contributed by atoms with E-state index in [4.69, 9.17) is 5.11 Å². The molecule has 1 saturated heterocycles. The summed E-state index contributed by atoms with van der Waals surface area (Å²) in [4.78, 5) is 26.9. The van der Waals surface area contributed by atoms with E-state index in [1.165, 1.54) is 0 Å². The summed E-state index contributed by atoms with van der Waals surface area (Å²) in [6.07, 6.45) is 2.15. The highest BCUT2D eigenvalue weighted by Gasteiger charge is 2.28. The molecule has 1 aliphatic heterocycles. The third-order valence-corrected chi connectivity index (χ3v) is 4.36. The second kappa shape index (κ2) is 8.87. The number of amides is 2. The number of carbonyl (C=O) groups is 2. The SMILES string of the molecule is CCN(C)CCNC(=O)N1CCCC(C(C)CC(=O)O)C1. The van der Waals surface area contributed by atoms with E-state index >= 15 is 0 Å². The van der Waals surface area contributed by atoms with Crippen molar-refractivity contribution in [2.75, 3.05) is 39.8 Å². The molecule has 0 aromatic rings. The first kappa shape index (κ1) is 17.8. The molecular formula is C15H29N3O3. The first-order valence-electron chi connectivity index (χ1n) is 7.87. The summed E-state index contributed by atoms with van der Waals surface area (Å²) in [7, 11) is 2.02. The number of likely N-dealkylation sites (tertiary alicyclic amines) is 1. The molecule has 0 aliphatic carbocycles. The molecule has 6 nitrogen and oxygen atoms in total. The predicted octanol–water partition coefficient (Wildman–Crippen LogP) is 1.47. The van der Waals surface area contributed by atoms with Crippen molar-refractivity contribution in [1.29, 1.82) is 0 Å². The van der Waals surface area contributed by atoms with Crippen LogP contribution >= 0.6 is 0 Å². The Hall–Kier alpha value is -1.30. The lowest BCUT2D eigenvalue weighted by atomic mass is 9.85. The average molecular weight is 299 g/mol. The lowest BCUT2D eigenvalue weighted by Gasteiger charge is -2.35. The zero-order valence-corrected chi connectivity index (χ0v) is 13.5. The molecule has 0 radical (unpaired) electrons.